The van der Waals surface area contributed by atoms with Crippen molar-refractivity contribution in [3.63, 3.8) is 0 Å². The molecule has 0 spiro atoms. The Hall–Kier alpha value is -2.41. The van der Waals surface area contributed by atoms with Crippen LogP contribution in [0.25, 0.3) is 0 Å². The number of nitrogens with zero attached hydrogens (tertiary/aromatic N) is 1. The van der Waals surface area contributed by atoms with Gasteiger partial charge in [0, 0.05) is 5.56 Å². The maximum atomic E-state index is 11.9. The van der Waals surface area contributed by atoms with Gasteiger partial charge in [-0.2, -0.15) is 0 Å². The van der Waals surface area contributed by atoms with Crippen LogP contribution in [0, 0.1) is 0 Å². The van der Waals surface area contributed by atoms with E-state index in [1.807, 2.05) is 0 Å². The zero-order chi connectivity index (χ0) is 14.0. The van der Waals surface area contributed by atoms with E-state index in [1.54, 1.807) is 0 Å². The monoisotopic (exact) mass is 264 g/mol. The quantitative estimate of drug-likeness (QED) is 0.376. The first kappa shape index (κ1) is 13.0. The van der Waals surface area contributed by atoms with Crippen LogP contribution >= 0.6 is 0 Å². The lowest BCUT2D eigenvalue weighted by Crippen LogP contribution is -2.52. The lowest BCUT2D eigenvalue weighted by atomic mass is 10.1. The molecule has 1 aliphatic heterocycles. The van der Waals surface area contributed by atoms with Crippen molar-refractivity contribution >= 4 is 17.6 Å². The standard InChI is InChI=1S/C12H12N2O5/c15-8-2-1-7(3-9(8)16)10(17)4-14-5-11(18)13-12(19)6-14/h1-3,15-16H,4-6H2,(H,13,18,19). The van der Waals surface area contributed by atoms with Crippen molar-refractivity contribution in [2.75, 3.05) is 19.6 Å². The minimum atomic E-state index is -0.447. The fourth-order valence-electron chi connectivity index (χ4n) is 1.80. The second-order valence-corrected chi connectivity index (χ2v) is 4.24. The Morgan fingerprint density at radius 2 is 1.79 bits per heavy atom. The van der Waals surface area contributed by atoms with Crippen molar-refractivity contribution in [3.8, 4) is 11.5 Å². The SMILES string of the molecule is O=C1CN(CC(=O)c2ccc(O)c(O)c2)CC(=O)N1. The van der Waals surface area contributed by atoms with E-state index >= 15 is 0 Å². The van der Waals surface area contributed by atoms with Crippen molar-refractivity contribution in [3.05, 3.63) is 23.8 Å². The molecule has 0 atom stereocenters. The summed E-state index contributed by atoms with van der Waals surface area (Å²) in [5.41, 5.74) is 0.203. The van der Waals surface area contributed by atoms with Gasteiger partial charge in [-0.25, -0.2) is 0 Å². The third-order valence-electron chi connectivity index (χ3n) is 2.68. The van der Waals surface area contributed by atoms with Gasteiger partial charge >= 0.3 is 0 Å². The number of Topliss-reactive ketones (excluding diaryl/α,β-unsaturated/α-hetero) is 1. The Morgan fingerprint density at radius 3 is 2.37 bits per heavy atom. The molecule has 2 amide bonds. The van der Waals surface area contributed by atoms with E-state index < -0.39 is 17.6 Å². The number of carbonyl (C=O) groups is 3. The minimum absolute atomic E-state index is 0.0262. The van der Waals surface area contributed by atoms with E-state index in [-0.39, 0.29) is 36.7 Å². The third kappa shape index (κ3) is 3.08. The molecular weight excluding hydrogens is 252 g/mol. The zero-order valence-electron chi connectivity index (χ0n) is 9.92. The average Bonchev–Trinajstić information content (AvgIpc) is 2.31. The highest BCUT2D eigenvalue weighted by Gasteiger charge is 2.24. The topological polar surface area (TPSA) is 107 Å². The van der Waals surface area contributed by atoms with E-state index in [9.17, 15) is 19.5 Å². The molecule has 0 aliphatic carbocycles. The lowest BCUT2D eigenvalue weighted by molar-refractivity contribution is -0.135. The number of phenolic OH excluding ortho intramolecular Hbond substituents is 2. The zero-order valence-corrected chi connectivity index (χ0v) is 9.92. The number of carbonyl (C=O) groups excluding carboxylic acids is 3. The molecule has 0 aromatic heterocycles. The van der Waals surface area contributed by atoms with Gasteiger partial charge in [0.2, 0.25) is 11.8 Å². The number of aromatic hydroxyl groups is 2. The highest BCUT2D eigenvalue weighted by atomic mass is 16.3. The second-order valence-electron chi connectivity index (χ2n) is 4.24. The lowest BCUT2D eigenvalue weighted by Gasteiger charge is -2.24. The number of nitrogens with one attached hydrogen (secondary N) is 1. The fourth-order valence-corrected chi connectivity index (χ4v) is 1.80. The van der Waals surface area contributed by atoms with E-state index in [1.165, 1.54) is 17.0 Å². The predicted molar refractivity (Wildman–Crippen MR) is 63.7 cm³/mol. The van der Waals surface area contributed by atoms with Gasteiger partial charge in [-0.1, -0.05) is 0 Å². The fraction of sp³-hybridized carbons (Fsp3) is 0.250. The molecular formula is C12H12N2O5. The molecule has 7 heteroatoms. The molecule has 2 rings (SSSR count). The normalized spacial score (nSPS) is 16.2. The van der Waals surface area contributed by atoms with Gasteiger partial charge in [0.05, 0.1) is 19.6 Å². The van der Waals surface area contributed by atoms with E-state index in [0.717, 1.165) is 6.07 Å². The maximum Gasteiger partial charge on any atom is 0.240 e. The first-order valence-electron chi connectivity index (χ1n) is 5.56. The first-order chi connectivity index (χ1) is 8.95. The molecule has 0 radical (unpaired) electrons. The molecule has 1 heterocycles. The van der Waals surface area contributed by atoms with Crippen LogP contribution in [0.15, 0.2) is 18.2 Å². The van der Waals surface area contributed by atoms with Crippen LogP contribution in [0.2, 0.25) is 0 Å². The summed E-state index contributed by atoms with van der Waals surface area (Å²) >= 11 is 0. The van der Waals surface area contributed by atoms with Crippen LogP contribution in [-0.4, -0.2) is 52.3 Å². The van der Waals surface area contributed by atoms with Crippen LogP contribution in [0.3, 0.4) is 0 Å². The number of rotatable bonds is 3. The van der Waals surface area contributed by atoms with Gasteiger partial charge in [0.1, 0.15) is 0 Å². The van der Waals surface area contributed by atoms with E-state index in [0.29, 0.717) is 0 Å². The van der Waals surface area contributed by atoms with E-state index in [4.69, 9.17) is 5.11 Å². The Balaban J connectivity index is 2.06. The molecule has 19 heavy (non-hydrogen) atoms. The number of hydrogen-bond acceptors (Lipinski definition) is 6. The average molecular weight is 264 g/mol. The van der Waals surface area contributed by atoms with E-state index in [2.05, 4.69) is 5.32 Å². The molecule has 1 aliphatic rings. The molecule has 100 valence electrons. The van der Waals surface area contributed by atoms with Crippen molar-refractivity contribution in [1.82, 2.24) is 10.2 Å². The van der Waals surface area contributed by atoms with Gasteiger partial charge in [0.15, 0.2) is 17.3 Å². The molecule has 1 aromatic rings. The van der Waals surface area contributed by atoms with Gasteiger partial charge in [0.25, 0.3) is 0 Å². The summed E-state index contributed by atoms with van der Waals surface area (Å²) in [5, 5.41) is 20.6. The van der Waals surface area contributed by atoms with Gasteiger partial charge < -0.3 is 10.2 Å². The summed E-state index contributed by atoms with van der Waals surface area (Å²) in [6.07, 6.45) is 0. The Kier molecular flexibility index (Phi) is 3.48. The smallest absolute Gasteiger partial charge is 0.240 e. The van der Waals surface area contributed by atoms with Crippen molar-refractivity contribution in [1.29, 1.82) is 0 Å². The second kappa shape index (κ2) is 5.07. The molecule has 7 nitrogen and oxygen atoms in total. The number of imide groups is 1. The number of hydrogen-bond donors (Lipinski definition) is 3. The van der Waals surface area contributed by atoms with Crippen LogP contribution in [-0.2, 0) is 9.59 Å². The maximum absolute atomic E-state index is 11.9. The highest BCUT2D eigenvalue weighted by Crippen LogP contribution is 2.25. The molecule has 0 bridgehead atoms. The number of benzene rings is 1. The van der Waals surface area contributed by atoms with Crippen LogP contribution in [0.1, 0.15) is 10.4 Å². The molecule has 3 N–H and O–H groups in total. The summed E-state index contributed by atoms with van der Waals surface area (Å²) in [7, 11) is 0. The number of phenols is 2. The summed E-state index contributed by atoms with van der Waals surface area (Å²) < 4.78 is 0. The van der Waals surface area contributed by atoms with Gasteiger partial charge in [-0.15, -0.1) is 0 Å². The van der Waals surface area contributed by atoms with Crippen LogP contribution < -0.4 is 5.32 Å². The minimum Gasteiger partial charge on any atom is -0.504 e. The number of amides is 2. The molecule has 1 fully saturated rings. The molecule has 0 unspecified atom stereocenters. The number of ketones is 1. The molecule has 0 saturated carbocycles. The summed E-state index contributed by atoms with van der Waals surface area (Å²) in [6, 6.07) is 3.71. The van der Waals surface area contributed by atoms with Crippen LogP contribution in [0.4, 0.5) is 0 Å². The van der Waals surface area contributed by atoms with Gasteiger partial charge in [-0.05, 0) is 18.2 Å². The van der Waals surface area contributed by atoms with Crippen molar-refractivity contribution < 1.29 is 24.6 Å². The third-order valence-corrected chi connectivity index (χ3v) is 2.68. The predicted octanol–water partition coefficient (Wildman–Crippen LogP) is -0.761. The highest BCUT2D eigenvalue weighted by molar-refractivity contribution is 6.02. The molecule has 1 aromatic carbocycles. The summed E-state index contributed by atoms with van der Waals surface area (Å²) in [5.74, 6) is -1.95. The van der Waals surface area contributed by atoms with Crippen LogP contribution in [0.5, 0.6) is 11.5 Å². The Labute approximate surface area is 108 Å². The molecule has 1 saturated heterocycles. The van der Waals surface area contributed by atoms with Crippen molar-refractivity contribution in [2.45, 2.75) is 0 Å². The summed E-state index contributed by atoms with van der Waals surface area (Å²) in [6.45, 7) is -0.160. The number of piperazine rings is 1. The Bertz CT molecular complexity index is 539. The summed E-state index contributed by atoms with van der Waals surface area (Å²) in [4.78, 5) is 35.6. The van der Waals surface area contributed by atoms with Crippen molar-refractivity contribution in [2.24, 2.45) is 0 Å². The largest absolute Gasteiger partial charge is 0.504 e. The first-order valence-corrected chi connectivity index (χ1v) is 5.56. The Morgan fingerprint density at radius 1 is 1.16 bits per heavy atom. The van der Waals surface area contributed by atoms with Gasteiger partial charge in [-0.3, -0.25) is 24.6 Å².